The minimum Gasteiger partial charge on any atom is -0.398 e. The molecule has 6 heteroatoms. The number of halogens is 1. The molecule has 0 unspecified atom stereocenters. The maximum absolute atomic E-state index is 12.1. The van der Waals surface area contributed by atoms with E-state index in [1.165, 1.54) is 0 Å². The summed E-state index contributed by atoms with van der Waals surface area (Å²) < 4.78 is 0.719. The van der Waals surface area contributed by atoms with Gasteiger partial charge in [-0.05, 0) is 47.0 Å². The number of nitrogens with two attached hydrogens (primary N) is 1. The topological polar surface area (TPSA) is 75.4 Å². The minimum atomic E-state index is -0.105. The normalized spacial score (nSPS) is 16.0. The van der Waals surface area contributed by atoms with Crippen molar-refractivity contribution in [2.75, 3.05) is 18.8 Å². The Hall–Kier alpha value is -1.56. The zero-order chi connectivity index (χ0) is 14.7. The second-order valence-electron chi connectivity index (χ2n) is 4.99. The highest BCUT2D eigenvalue weighted by atomic mass is 79.9. The number of hydrogen-bond donors (Lipinski definition) is 2. The Labute approximate surface area is 126 Å². The number of anilines is 1. The van der Waals surface area contributed by atoms with Gasteiger partial charge in [0, 0.05) is 41.8 Å². The molecule has 0 aliphatic carbocycles. The van der Waals surface area contributed by atoms with Crippen LogP contribution in [0.15, 0.2) is 22.7 Å². The average molecular weight is 340 g/mol. The van der Waals surface area contributed by atoms with Crippen molar-refractivity contribution in [2.45, 2.75) is 25.8 Å². The Balaban J connectivity index is 1.92. The van der Waals surface area contributed by atoms with E-state index in [0.717, 1.165) is 17.3 Å². The Morgan fingerprint density at radius 3 is 2.55 bits per heavy atom. The van der Waals surface area contributed by atoms with E-state index in [1.807, 2.05) is 4.90 Å². The number of hydrogen-bond acceptors (Lipinski definition) is 3. The smallest absolute Gasteiger partial charge is 0.251 e. The molecule has 1 aromatic rings. The van der Waals surface area contributed by atoms with Crippen molar-refractivity contribution in [3.63, 3.8) is 0 Å². The van der Waals surface area contributed by atoms with E-state index in [2.05, 4.69) is 21.2 Å². The third kappa shape index (κ3) is 3.50. The average Bonchev–Trinajstić information content (AvgIpc) is 2.42. The van der Waals surface area contributed by atoms with Crippen LogP contribution < -0.4 is 11.1 Å². The minimum absolute atomic E-state index is 0.0947. The second kappa shape index (κ2) is 6.26. The molecular formula is C14H18BrN3O2. The summed E-state index contributed by atoms with van der Waals surface area (Å²) in [5, 5.41) is 3.00. The molecule has 0 saturated carbocycles. The molecule has 0 aromatic heterocycles. The van der Waals surface area contributed by atoms with Gasteiger partial charge in [-0.15, -0.1) is 0 Å². The van der Waals surface area contributed by atoms with E-state index in [9.17, 15) is 9.59 Å². The zero-order valence-corrected chi connectivity index (χ0v) is 12.9. The van der Waals surface area contributed by atoms with Gasteiger partial charge < -0.3 is 16.0 Å². The van der Waals surface area contributed by atoms with E-state index >= 15 is 0 Å². The van der Waals surface area contributed by atoms with E-state index in [-0.39, 0.29) is 17.9 Å². The third-order valence-corrected chi connectivity index (χ3v) is 4.22. The number of carbonyl (C=O) groups is 2. The first kappa shape index (κ1) is 14.8. The predicted molar refractivity (Wildman–Crippen MR) is 81.3 cm³/mol. The summed E-state index contributed by atoms with van der Waals surface area (Å²) in [5.41, 5.74) is 6.89. The molecular weight excluding hydrogens is 322 g/mol. The zero-order valence-electron chi connectivity index (χ0n) is 11.4. The van der Waals surface area contributed by atoms with Gasteiger partial charge in [-0.1, -0.05) is 0 Å². The Morgan fingerprint density at radius 2 is 2.00 bits per heavy atom. The van der Waals surface area contributed by atoms with E-state index in [1.54, 1.807) is 25.1 Å². The van der Waals surface area contributed by atoms with Crippen LogP contribution >= 0.6 is 15.9 Å². The molecule has 108 valence electrons. The van der Waals surface area contributed by atoms with Gasteiger partial charge in [0.2, 0.25) is 5.91 Å². The fourth-order valence-corrected chi connectivity index (χ4v) is 2.65. The Morgan fingerprint density at radius 1 is 1.35 bits per heavy atom. The van der Waals surface area contributed by atoms with Crippen LogP contribution in [0.2, 0.25) is 0 Å². The molecule has 1 aliphatic rings. The summed E-state index contributed by atoms with van der Waals surface area (Å²) in [6.45, 7) is 2.97. The molecule has 0 spiro atoms. The fraction of sp³-hybridized carbons (Fsp3) is 0.429. The number of nitrogens with one attached hydrogen (secondary N) is 1. The van der Waals surface area contributed by atoms with Gasteiger partial charge in [0.05, 0.1) is 0 Å². The van der Waals surface area contributed by atoms with Crippen molar-refractivity contribution in [1.29, 1.82) is 0 Å². The van der Waals surface area contributed by atoms with Crippen LogP contribution in [0, 0.1) is 0 Å². The number of rotatable bonds is 2. The molecule has 2 amide bonds. The number of amides is 2. The molecule has 0 bridgehead atoms. The third-order valence-electron chi connectivity index (χ3n) is 3.54. The number of carbonyl (C=O) groups excluding carboxylic acids is 2. The summed E-state index contributed by atoms with van der Waals surface area (Å²) in [5.74, 6) is -0.00998. The molecule has 2 rings (SSSR count). The van der Waals surface area contributed by atoms with Gasteiger partial charge >= 0.3 is 0 Å². The van der Waals surface area contributed by atoms with Gasteiger partial charge in [-0.3, -0.25) is 9.59 Å². The van der Waals surface area contributed by atoms with Gasteiger partial charge in [-0.2, -0.15) is 0 Å². The molecule has 0 atom stereocenters. The number of piperidine rings is 1. The fourth-order valence-electron chi connectivity index (χ4n) is 2.28. The van der Waals surface area contributed by atoms with Gasteiger partial charge in [-0.25, -0.2) is 0 Å². The quantitative estimate of drug-likeness (QED) is 0.806. The molecule has 1 fully saturated rings. The summed E-state index contributed by atoms with van der Waals surface area (Å²) in [6, 6.07) is 5.25. The molecule has 0 radical (unpaired) electrons. The van der Waals surface area contributed by atoms with Crippen LogP contribution in [-0.2, 0) is 4.79 Å². The first-order chi connectivity index (χ1) is 9.47. The van der Waals surface area contributed by atoms with Crippen LogP contribution in [0.5, 0.6) is 0 Å². The lowest BCUT2D eigenvalue weighted by Crippen LogP contribution is -2.46. The van der Waals surface area contributed by atoms with Crippen LogP contribution in [0.3, 0.4) is 0 Å². The van der Waals surface area contributed by atoms with E-state index < -0.39 is 0 Å². The lowest BCUT2D eigenvalue weighted by atomic mass is 10.0. The van der Waals surface area contributed by atoms with E-state index in [0.29, 0.717) is 24.3 Å². The summed E-state index contributed by atoms with van der Waals surface area (Å²) in [7, 11) is 0. The van der Waals surface area contributed by atoms with Crippen molar-refractivity contribution in [2.24, 2.45) is 0 Å². The Kier molecular flexibility index (Phi) is 4.65. The molecule has 1 aromatic carbocycles. The van der Waals surface area contributed by atoms with Crippen LogP contribution in [0.1, 0.15) is 30.1 Å². The van der Waals surface area contributed by atoms with Gasteiger partial charge in [0.25, 0.3) is 5.91 Å². The van der Waals surface area contributed by atoms with Gasteiger partial charge in [0.15, 0.2) is 0 Å². The molecule has 3 N–H and O–H groups in total. The lowest BCUT2D eigenvalue weighted by molar-refractivity contribution is -0.129. The highest BCUT2D eigenvalue weighted by Crippen LogP contribution is 2.20. The van der Waals surface area contributed by atoms with Crippen LogP contribution in [0.25, 0.3) is 0 Å². The van der Waals surface area contributed by atoms with Crippen molar-refractivity contribution in [1.82, 2.24) is 10.2 Å². The molecule has 1 heterocycles. The monoisotopic (exact) mass is 339 g/mol. The molecule has 1 aliphatic heterocycles. The number of likely N-dealkylation sites (tertiary alicyclic amines) is 1. The SMILES string of the molecule is CC(=O)N1CCC(NC(=O)c2ccc(N)c(Br)c2)CC1. The number of benzene rings is 1. The molecule has 5 nitrogen and oxygen atoms in total. The predicted octanol–water partition coefficient (Wildman–Crippen LogP) is 1.77. The summed E-state index contributed by atoms with van der Waals surface area (Å²) in [4.78, 5) is 25.2. The van der Waals surface area contributed by atoms with Crippen molar-refractivity contribution in [3.05, 3.63) is 28.2 Å². The van der Waals surface area contributed by atoms with Crippen molar-refractivity contribution >= 4 is 33.4 Å². The largest absolute Gasteiger partial charge is 0.398 e. The maximum atomic E-state index is 12.1. The van der Waals surface area contributed by atoms with E-state index in [4.69, 9.17) is 5.73 Å². The molecule has 1 saturated heterocycles. The van der Waals surface area contributed by atoms with Gasteiger partial charge in [0.1, 0.15) is 0 Å². The highest BCUT2D eigenvalue weighted by Gasteiger charge is 2.22. The van der Waals surface area contributed by atoms with Crippen LogP contribution in [-0.4, -0.2) is 35.8 Å². The first-order valence-electron chi connectivity index (χ1n) is 6.59. The molecule has 20 heavy (non-hydrogen) atoms. The number of nitrogens with zero attached hydrogens (tertiary/aromatic N) is 1. The van der Waals surface area contributed by atoms with Crippen LogP contribution in [0.4, 0.5) is 5.69 Å². The first-order valence-corrected chi connectivity index (χ1v) is 7.38. The maximum Gasteiger partial charge on any atom is 0.251 e. The number of nitrogen functional groups attached to an aromatic ring is 1. The second-order valence-corrected chi connectivity index (χ2v) is 5.84. The summed E-state index contributed by atoms with van der Waals surface area (Å²) >= 11 is 3.31. The standard InChI is InChI=1S/C14H18BrN3O2/c1-9(19)18-6-4-11(5-7-18)17-14(20)10-2-3-13(16)12(15)8-10/h2-3,8,11H,4-7,16H2,1H3,(H,17,20). The lowest BCUT2D eigenvalue weighted by Gasteiger charge is -2.31. The van der Waals surface area contributed by atoms with Crippen molar-refractivity contribution in [3.8, 4) is 0 Å². The summed E-state index contributed by atoms with van der Waals surface area (Å²) in [6.07, 6.45) is 1.59. The highest BCUT2D eigenvalue weighted by molar-refractivity contribution is 9.10. The van der Waals surface area contributed by atoms with Crippen molar-refractivity contribution < 1.29 is 9.59 Å². The Bertz CT molecular complexity index is 525.